The molecule has 7 heteroatoms. The molecule has 3 amide bonds. The summed E-state index contributed by atoms with van der Waals surface area (Å²) in [6, 6.07) is 1.76. The monoisotopic (exact) mass is 306 g/mol. The molecule has 1 aromatic carbocycles. The van der Waals surface area contributed by atoms with Gasteiger partial charge in [-0.1, -0.05) is 6.07 Å². The number of anilines is 1. The molecule has 4 N–H and O–H groups in total. The molecular formula is C15H22N4O3. The third-order valence-corrected chi connectivity index (χ3v) is 3.92. The third-order valence-electron chi connectivity index (χ3n) is 3.92. The van der Waals surface area contributed by atoms with Crippen molar-refractivity contribution < 1.29 is 14.8 Å². The third kappa shape index (κ3) is 3.14. The number of nitrogens with zero attached hydrogens (tertiary/aromatic N) is 1. The van der Waals surface area contributed by atoms with Crippen LogP contribution in [0.1, 0.15) is 27.0 Å². The van der Waals surface area contributed by atoms with Gasteiger partial charge in [0.25, 0.3) is 5.91 Å². The van der Waals surface area contributed by atoms with Crippen molar-refractivity contribution in [3.63, 3.8) is 0 Å². The molecule has 0 atom stereocenters. The topological polar surface area (TPSA) is 93.7 Å². The van der Waals surface area contributed by atoms with E-state index in [-0.39, 0.29) is 11.9 Å². The number of carbonyl (C=O) groups excluding carboxylic acids is 2. The van der Waals surface area contributed by atoms with Crippen molar-refractivity contribution in [1.29, 1.82) is 0 Å². The average molecular weight is 306 g/mol. The van der Waals surface area contributed by atoms with E-state index < -0.39 is 0 Å². The number of urea groups is 1. The molecule has 1 aromatic rings. The van der Waals surface area contributed by atoms with Gasteiger partial charge in [0.1, 0.15) is 0 Å². The second-order valence-electron chi connectivity index (χ2n) is 5.47. The van der Waals surface area contributed by atoms with Crippen LogP contribution in [0.5, 0.6) is 0 Å². The van der Waals surface area contributed by atoms with Gasteiger partial charge in [0.05, 0.1) is 5.69 Å². The predicted molar refractivity (Wildman–Crippen MR) is 83.4 cm³/mol. The lowest BCUT2D eigenvalue weighted by molar-refractivity contribution is 0.0949. The van der Waals surface area contributed by atoms with Crippen LogP contribution < -0.4 is 16.1 Å². The van der Waals surface area contributed by atoms with Gasteiger partial charge in [-0.25, -0.2) is 4.79 Å². The molecule has 0 aromatic heterocycles. The van der Waals surface area contributed by atoms with E-state index in [1.54, 1.807) is 11.8 Å². The number of rotatable bonds is 5. The molecule has 0 saturated carbocycles. The molecule has 1 aliphatic rings. The Bertz CT molecular complexity index is 601. The Labute approximate surface area is 129 Å². The largest absolute Gasteiger partial charge is 0.350 e. The zero-order chi connectivity index (χ0) is 16.3. The molecule has 0 bridgehead atoms. The van der Waals surface area contributed by atoms with Crippen LogP contribution in [0.25, 0.3) is 0 Å². The van der Waals surface area contributed by atoms with Crippen LogP contribution in [0, 0.1) is 20.8 Å². The molecule has 1 fully saturated rings. The van der Waals surface area contributed by atoms with Gasteiger partial charge in [-0.15, -0.1) is 0 Å². The molecule has 2 rings (SSSR count). The lowest BCUT2D eigenvalue weighted by atomic mass is 9.97. The minimum atomic E-state index is -0.203. The lowest BCUT2D eigenvalue weighted by Gasteiger charge is -2.17. The number of benzene rings is 1. The highest BCUT2D eigenvalue weighted by Crippen LogP contribution is 2.26. The van der Waals surface area contributed by atoms with Gasteiger partial charge in [0, 0.05) is 31.7 Å². The van der Waals surface area contributed by atoms with E-state index in [4.69, 9.17) is 0 Å². The summed E-state index contributed by atoms with van der Waals surface area (Å²) in [6.45, 7) is 7.70. The van der Waals surface area contributed by atoms with Crippen molar-refractivity contribution in [2.45, 2.75) is 20.8 Å². The van der Waals surface area contributed by atoms with Crippen LogP contribution in [-0.2, 0) is 0 Å². The van der Waals surface area contributed by atoms with Gasteiger partial charge in [-0.2, -0.15) is 0 Å². The maximum atomic E-state index is 12.4. The Balaban J connectivity index is 2.05. The molecule has 22 heavy (non-hydrogen) atoms. The molecule has 0 aliphatic carbocycles. The fourth-order valence-electron chi connectivity index (χ4n) is 2.82. The first-order chi connectivity index (χ1) is 10.5. The first-order valence-corrected chi connectivity index (χ1v) is 7.27. The summed E-state index contributed by atoms with van der Waals surface area (Å²) < 4.78 is 0. The number of aryl methyl sites for hydroxylation is 2. The smallest absolute Gasteiger partial charge is 0.317 e. The highest BCUT2D eigenvalue weighted by atomic mass is 16.5. The van der Waals surface area contributed by atoms with Gasteiger partial charge < -0.3 is 15.5 Å². The minimum absolute atomic E-state index is 0.0938. The Hall–Kier alpha value is -2.28. The summed E-state index contributed by atoms with van der Waals surface area (Å²) >= 11 is 0. The van der Waals surface area contributed by atoms with Crippen LogP contribution in [0.15, 0.2) is 6.07 Å². The van der Waals surface area contributed by atoms with Gasteiger partial charge in [-0.3, -0.25) is 15.5 Å². The van der Waals surface area contributed by atoms with Crippen molar-refractivity contribution in [1.82, 2.24) is 15.5 Å². The number of amides is 3. The van der Waals surface area contributed by atoms with Gasteiger partial charge in [-0.05, 0) is 37.5 Å². The minimum Gasteiger partial charge on any atom is -0.350 e. The van der Waals surface area contributed by atoms with E-state index in [1.165, 1.54) is 0 Å². The Morgan fingerprint density at radius 1 is 1.36 bits per heavy atom. The number of carbonyl (C=O) groups is 2. The van der Waals surface area contributed by atoms with Crippen molar-refractivity contribution >= 4 is 17.6 Å². The van der Waals surface area contributed by atoms with E-state index in [0.717, 1.165) is 11.1 Å². The van der Waals surface area contributed by atoms with E-state index >= 15 is 0 Å². The summed E-state index contributed by atoms with van der Waals surface area (Å²) in [6.07, 6.45) is 0. The van der Waals surface area contributed by atoms with Crippen molar-refractivity contribution in [2.75, 3.05) is 31.7 Å². The first-order valence-electron chi connectivity index (χ1n) is 7.27. The average Bonchev–Trinajstić information content (AvgIpc) is 2.84. The maximum absolute atomic E-state index is 12.4. The summed E-state index contributed by atoms with van der Waals surface area (Å²) in [5.41, 5.74) is 5.69. The highest BCUT2D eigenvalue weighted by molar-refractivity contribution is 5.98. The van der Waals surface area contributed by atoms with Crippen molar-refractivity contribution in [3.8, 4) is 0 Å². The number of nitrogens with one attached hydrogen (secondary N) is 3. The van der Waals surface area contributed by atoms with Crippen LogP contribution in [-0.4, -0.2) is 48.2 Å². The van der Waals surface area contributed by atoms with E-state index in [0.29, 0.717) is 43.0 Å². The predicted octanol–water partition coefficient (Wildman–Crippen LogP) is 1.17. The summed E-state index contributed by atoms with van der Waals surface area (Å²) in [4.78, 5) is 25.5. The molecule has 120 valence electrons. The molecular weight excluding hydrogens is 284 g/mol. The Kier molecular flexibility index (Phi) is 4.87. The SMILES string of the molecule is Cc1cc(C)c(C(=O)NCCN2CCNC2=O)c(C)c1NO. The maximum Gasteiger partial charge on any atom is 0.317 e. The van der Waals surface area contributed by atoms with Crippen molar-refractivity contribution in [2.24, 2.45) is 0 Å². The second kappa shape index (κ2) is 6.65. The number of hydrogen-bond acceptors (Lipinski definition) is 4. The zero-order valence-corrected chi connectivity index (χ0v) is 13.1. The molecule has 0 spiro atoms. The van der Waals surface area contributed by atoms with Gasteiger partial charge >= 0.3 is 6.03 Å². The zero-order valence-electron chi connectivity index (χ0n) is 13.1. The van der Waals surface area contributed by atoms with E-state index in [1.807, 2.05) is 19.9 Å². The second-order valence-corrected chi connectivity index (χ2v) is 5.47. The fraction of sp³-hybridized carbons (Fsp3) is 0.467. The lowest BCUT2D eigenvalue weighted by Crippen LogP contribution is -2.37. The van der Waals surface area contributed by atoms with Crippen LogP contribution in [0.2, 0.25) is 0 Å². The van der Waals surface area contributed by atoms with E-state index in [2.05, 4.69) is 16.1 Å². The quantitative estimate of drug-likeness (QED) is 0.614. The Morgan fingerprint density at radius 3 is 2.68 bits per heavy atom. The van der Waals surface area contributed by atoms with Gasteiger partial charge in [0.2, 0.25) is 0 Å². The molecule has 1 saturated heterocycles. The Morgan fingerprint density at radius 2 is 2.09 bits per heavy atom. The molecule has 7 nitrogen and oxygen atoms in total. The molecule has 0 radical (unpaired) electrons. The standard InChI is InChI=1S/C15H22N4O3/c1-9-8-10(2)13(18-22)11(3)12(9)14(20)16-4-6-19-7-5-17-15(19)21/h8,18,22H,4-7H2,1-3H3,(H,16,20)(H,17,21). The van der Waals surface area contributed by atoms with Crippen molar-refractivity contribution in [3.05, 3.63) is 28.3 Å². The molecule has 0 unspecified atom stereocenters. The molecule has 1 aliphatic heterocycles. The summed E-state index contributed by atoms with van der Waals surface area (Å²) in [5.74, 6) is -0.203. The first kappa shape index (κ1) is 16.1. The van der Waals surface area contributed by atoms with Crippen LogP contribution in [0.3, 0.4) is 0 Å². The fourth-order valence-corrected chi connectivity index (χ4v) is 2.82. The summed E-state index contributed by atoms with van der Waals surface area (Å²) in [7, 11) is 0. The van der Waals surface area contributed by atoms with Gasteiger partial charge in [0.15, 0.2) is 0 Å². The van der Waals surface area contributed by atoms with E-state index in [9.17, 15) is 14.8 Å². The van der Waals surface area contributed by atoms with Crippen LogP contribution in [0.4, 0.5) is 10.5 Å². The highest BCUT2D eigenvalue weighted by Gasteiger charge is 2.20. The number of hydrogen-bond donors (Lipinski definition) is 4. The normalized spacial score (nSPS) is 14.0. The van der Waals surface area contributed by atoms with Crippen LogP contribution >= 0.6 is 0 Å². The molecule has 1 heterocycles. The summed E-state index contributed by atoms with van der Waals surface area (Å²) in [5, 5.41) is 14.8.